The zero-order valence-electron chi connectivity index (χ0n) is 18.3. The summed E-state index contributed by atoms with van der Waals surface area (Å²) in [5.41, 5.74) is 3.78. The normalized spacial score (nSPS) is 13.6. The number of benzene rings is 2. The quantitative estimate of drug-likeness (QED) is 0.310. The lowest BCUT2D eigenvalue weighted by Gasteiger charge is -2.25. The number of ether oxygens (including phenoxy) is 1. The van der Waals surface area contributed by atoms with Crippen LogP contribution in [0, 0.1) is 11.3 Å². The molecule has 1 aliphatic heterocycles. The third-order valence-corrected chi connectivity index (χ3v) is 7.14. The van der Waals surface area contributed by atoms with Crippen molar-refractivity contribution in [3.8, 4) is 17.3 Å². The molecular weight excluding hydrogens is 468 g/mol. The smallest absolute Gasteiger partial charge is 0.340 e. The molecule has 0 radical (unpaired) electrons. The largest absolute Gasteiger partial charge is 0.457 e. The highest BCUT2D eigenvalue weighted by molar-refractivity contribution is 7.22. The molecular formula is C26H21ClN4O2S. The molecule has 2 aromatic heterocycles. The van der Waals surface area contributed by atoms with Crippen LogP contribution in [0.1, 0.15) is 40.7 Å². The third-order valence-electron chi connectivity index (χ3n) is 5.77. The Balaban J connectivity index is 1.51. The average Bonchev–Trinajstić information content (AvgIpc) is 3.32. The van der Waals surface area contributed by atoms with Crippen molar-refractivity contribution < 1.29 is 9.53 Å². The topological polar surface area (TPSA) is 79.1 Å². The van der Waals surface area contributed by atoms with Crippen LogP contribution in [0.3, 0.4) is 0 Å². The van der Waals surface area contributed by atoms with Gasteiger partial charge < -0.3 is 9.64 Å². The van der Waals surface area contributed by atoms with Gasteiger partial charge in [0.1, 0.15) is 6.61 Å². The first-order chi connectivity index (χ1) is 16.6. The second kappa shape index (κ2) is 9.80. The van der Waals surface area contributed by atoms with Gasteiger partial charge in [-0.25, -0.2) is 9.78 Å². The van der Waals surface area contributed by atoms with E-state index < -0.39 is 5.97 Å². The SMILES string of the molecule is N#Cc1ccc(COC(=O)c2cc(-c3cccc(Cl)c3)nc3nc(N4CCCCC4)sc23)cc1. The van der Waals surface area contributed by atoms with Gasteiger partial charge in [-0.3, -0.25) is 0 Å². The Bertz CT molecular complexity index is 1390. The lowest BCUT2D eigenvalue weighted by molar-refractivity contribution is 0.0475. The molecule has 4 aromatic rings. The van der Waals surface area contributed by atoms with Crippen LogP contribution in [-0.4, -0.2) is 29.0 Å². The van der Waals surface area contributed by atoms with E-state index in [2.05, 4.69) is 11.0 Å². The Morgan fingerprint density at radius 3 is 2.62 bits per heavy atom. The molecule has 0 aliphatic carbocycles. The Hall–Kier alpha value is -3.47. The molecule has 0 saturated carbocycles. The number of carbonyl (C=O) groups excluding carboxylic acids is 1. The molecule has 1 aliphatic rings. The van der Waals surface area contributed by atoms with Gasteiger partial charge in [-0.15, -0.1) is 0 Å². The zero-order valence-corrected chi connectivity index (χ0v) is 19.9. The summed E-state index contributed by atoms with van der Waals surface area (Å²) in [6, 6.07) is 18.2. The van der Waals surface area contributed by atoms with Gasteiger partial charge in [-0.1, -0.05) is 47.2 Å². The first-order valence-electron chi connectivity index (χ1n) is 11.1. The fraction of sp³-hybridized carbons (Fsp3) is 0.231. The van der Waals surface area contributed by atoms with E-state index in [9.17, 15) is 4.79 Å². The third kappa shape index (κ3) is 4.74. The lowest BCUT2D eigenvalue weighted by Crippen LogP contribution is -2.29. The molecule has 0 bridgehead atoms. The average molecular weight is 489 g/mol. The first-order valence-corrected chi connectivity index (χ1v) is 12.3. The predicted octanol–water partition coefficient (Wildman–Crippen LogP) is 6.23. The van der Waals surface area contributed by atoms with Crippen LogP contribution in [0.4, 0.5) is 5.13 Å². The van der Waals surface area contributed by atoms with Gasteiger partial charge in [0.25, 0.3) is 0 Å². The molecule has 0 spiro atoms. The van der Waals surface area contributed by atoms with E-state index in [1.165, 1.54) is 17.8 Å². The van der Waals surface area contributed by atoms with Crippen molar-refractivity contribution >= 4 is 44.4 Å². The van der Waals surface area contributed by atoms with Gasteiger partial charge in [0, 0.05) is 23.7 Å². The Morgan fingerprint density at radius 2 is 1.88 bits per heavy atom. The monoisotopic (exact) mass is 488 g/mol. The Labute approximate surface area is 206 Å². The number of anilines is 1. The van der Waals surface area contributed by atoms with Gasteiger partial charge in [0.2, 0.25) is 0 Å². The minimum absolute atomic E-state index is 0.110. The summed E-state index contributed by atoms with van der Waals surface area (Å²) in [5, 5.41) is 10.4. The van der Waals surface area contributed by atoms with E-state index in [-0.39, 0.29) is 6.61 Å². The molecule has 1 fully saturated rings. The number of esters is 1. The minimum Gasteiger partial charge on any atom is -0.457 e. The number of nitriles is 1. The summed E-state index contributed by atoms with van der Waals surface area (Å²) in [5.74, 6) is -0.436. The highest BCUT2D eigenvalue weighted by atomic mass is 35.5. The van der Waals surface area contributed by atoms with E-state index >= 15 is 0 Å². The van der Waals surface area contributed by atoms with Gasteiger partial charge in [-0.05, 0) is 55.2 Å². The van der Waals surface area contributed by atoms with Gasteiger partial charge in [0.05, 0.1) is 27.6 Å². The Kier molecular flexibility index (Phi) is 6.43. The summed E-state index contributed by atoms with van der Waals surface area (Å²) in [6.45, 7) is 2.03. The van der Waals surface area contributed by atoms with Gasteiger partial charge in [-0.2, -0.15) is 10.2 Å². The molecule has 5 rings (SSSR count). The van der Waals surface area contributed by atoms with Crippen molar-refractivity contribution in [1.29, 1.82) is 5.26 Å². The maximum atomic E-state index is 13.2. The number of hydrogen-bond donors (Lipinski definition) is 0. The molecule has 8 heteroatoms. The van der Waals surface area contributed by atoms with E-state index in [1.54, 1.807) is 36.4 Å². The molecule has 34 heavy (non-hydrogen) atoms. The number of aromatic nitrogens is 2. The van der Waals surface area contributed by atoms with Crippen molar-refractivity contribution in [2.45, 2.75) is 25.9 Å². The number of fused-ring (bicyclic) bond motifs is 1. The summed E-state index contributed by atoms with van der Waals surface area (Å²) >= 11 is 7.68. The number of nitrogens with zero attached hydrogens (tertiary/aromatic N) is 4. The fourth-order valence-electron chi connectivity index (χ4n) is 3.97. The molecule has 3 heterocycles. The number of rotatable bonds is 5. The fourth-order valence-corrected chi connectivity index (χ4v) is 5.22. The molecule has 0 amide bonds. The van der Waals surface area contributed by atoms with Crippen LogP contribution in [0.5, 0.6) is 0 Å². The maximum Gasteiger partial charge on any atom is 0.340 e. The van der Waals surface area contributed by atoms with Crippen LogP contribution < -0.4 is 4.90 Å². The highest BCUT2D eigenvalue weighted by Crippen LogP contribution is 2.35. The van der Waals surface area contributed by atoms with E-state index in [0.717, 1.165) is 46.9 Å². The number of thiazole rings is 1. The second-order valence-corrected chi connectivity index (χ2v) is 9.56. The number of hydrogen-bond acceptors (Lipinski definition) is 7. The highest BCUT2D eigenvalue weighted by Gasteiger charge is 2.22. The predicted molar refractivity (Wildman–Crippen MR) is 134 cm³/mol. The minimum atomic E-state index is -0.436. The van der Waals surface area contributed by atoms with Crippen molar-refractivity contribution in [1.82, 2.24) is 9.97 Å². The van der Waals surface area contributed by atoms with E-state index in [4.69, 9.17) is 31.6 Å². The summed E-state index contributed by atoms with van der Waals surface area (Å²) in [6.07, 6.45) is 3.50. The van der Waals surface area contributed by atoms with Crippen LogP contribution >= 0.6 is 22.9 Å². The molecule has 0 unspecified atom stereocenters. The molecule has 1 saturated heterocycles. The standard InChI is InChI=1S/C26H21ClN4O2S/c27-20-6-4-5-19(13-20)22-14-21(25(32)33-16-18-9-7-17(15-28)8-10-18)23-24(29-22)30-26(34-23)31-11-2-1-3-12-31/h4-10,13-14H,1-3,11-12,16H2. The number of pyridine rings is 1. The van der Waals surface area contributed by atoms with E-state index in [0.29, 0.717) is 27.5 Å². The zero-order chi connectivity index (χ0) is 23.5. The van der Waals surface area contributed by atoms with E-state index in [1.807, 2.05) is 18.2 Å². The van der Waals surface area contributed by atoms with Crippen molar-refractivity contribution in [2.24, 2.45) is 0 Å². The van der Waals surface area contributed by atoms with Crippen LogP contribution in [-0.2, 0) is 11.3 Å². The molecule has 2 aromatic carbocycles. The summed E-state index contributed by atoms with van der Waals surface area (Å²) in [4.78, 5) is 25.0. The maximum absolute atomic E-state index is 13.2. The van der Waals surface area contributed by atoms with Crippen molar-refractivity contribution in [2.75, 3.05) is 18.0 Å². The molecule has 170 valence electrons. The van der Waals surface area contributed by atoms with Gasteiger partial charge in [0.15, 0.2) is 10.8 Å². The second-order valence-electron chi connectivity index (χ2n) is 8.15. The summed E-state index contributed by atoms with van der Waals surface area (Å²) in [7, 11) is 0. The lowest BCUT2D eigenvalue weighted by atomic mass is 10.1. The number of halogens is 1. The van der Waals surface area contributed by atoms with Crippen LogP contribution in [0.2, 0.25) is 5.02 Å². The van der Waals surface area contributed by atoms with Crippen LogP contribution in [0.25, 0.3) is 21.6 Å². The van der Waals surface area contributed by atoms with Crippen LogP contribution in [0.15, 0.2) is 54.6 Å². The first kappa shape index (κ1) is 22.3. The van der Waals surface area contributed by atoms with Crippen molar-refractivity contribution in [3.63, 3.8) is 0 Å². The molecule has 6 nitrogen and oxygen atoms in total. The summed E-state index contributed by atoms with van der Waals surface area (Å²) < 4.78 is 6.37. The molecule has 0 atom stereocenters. The molecule has 0 N–H and O–H groups in total. The Morgan fingerprint density at radius 1 is 1.09 bits per heavy atom. The number of piperidine rings is 1. The number of carbonyl (C=O) groups is 1. The van der Waals surface area contributed by atoms with Gasteiger partial charge >= 0.3 is 5.97 Å². The van der Waals surface area contributed by atoms with Crippen molar-refractivity contribution in [3.05, 3.63) is 76.3 Å².